The largest absolute Gasteiger partial charge is 0.495 e. The van der Waals surface area contributed by atoms with E-state index in [1.54, 1.807) is 20.8 Å². The zero-order valence-corrected chi connectivity index (χ0v) is 14.8. The van der Waals surface area contributed by atoms with Crippen molar-refractivity contribution >= 4 is 22.0 Å². The van der Waals surface area contributed by atoms with E-state index in [0.29, 0.717) is 0 Å². The molecule has 0 bridgehead atoms. The van der Waals surface area contributed by atoms with Crippen LogP contribution in [0.15, 0.2) is 23.1 Å². The molecule has 0 unspecified atom stereocenters. The van der Waals surface area contributed by atoms with Gasteiger partial charge >= 0.3 is 11.9 Å². The molecule has 1 N–H and O–H groups in total. The maximum absolute atomic E-state index is 12.9. The molecule has 134 valence electrons. The van der Waals surface area contributed by atoms with Crippen molar-refractivity contribution in [3.8, 4) is 5.75 Å². The van der Waals surface area contributed by atoms with Crippen LogP contribution >= 0.6 is 0 Å². The third-order valence-corrected chi connectivity index (χ3v) is 5.17. The third kappa shape index (κ3) is 4.45. The summed E-state index contributed by atoms with van der Waals surface area (Å²) < 4.78 is 36.4. The molecular formula is C15H21NO7S. The van der Waals surface area contributed by atoms with Gasteiger partial charge in [-0.15, -0.1) is 0 Å². The van der Waals surface area contributed by atoms with Crippen LogP contribution in [0.2, 0.25) is 0 Å². The van der Waals surface area contributed by atoms with Crippen LogP contribution in [-0.4, -0.2) is 56.1 Å². The quantitative estimate of drug-likeness (QED) is 0.698. The standard InChI is InChI=1S/C15H21NO7S/c1-5-23-15(19)11-6-7-12(22-4)13(8-11)24(20,21)16(10(2)3)9-14(17)18/h6-8,10H,5,9H2,1-4H3,(H,17,18). The van der Waals surface area contributed by atoms with Crippen molar-refractivity contribution in [3.05, 3.63) is 23.8 Å². The molecule has 0 aromatic heterocycles. The first-order chi connectivity index (χ1) is 11.1. The topological polar surface area (TPSA) is 110 Å². The van der Waals surface area contributed by atoms with Crippen molar-refractivity contribution in [1.29, 1.82) is 0 Å². The number of hydrogen-bond acceptors (Lipinski definition) is 6. The normalized spacial score (nSPS) is 11.6. The van der Waals surface area contributed by atoms with Gasteiger partial charge in [0.05, 0.1) is 19.3 Å². The number of nitrogens with zero attached hydrogens (tertiary/aromatic N) is 1. The highest BCUT2D eigenvalue weighted by atomic mass is 32.2. The molecule has 0 aliphatic carbocycles. The van der Waals surface area contributed by atoms with E-state index in [0.717, 1.165) is 10.4 Å². The Kier molecular flexibility index (Phi) is 6.73. The van der Waals surface area contributed by atoms with Gasteiger partial charge < -0.3 is 14.6 Å². The van der Waals surface area contributed by atoms with Gasteiger partial charge in [-0.1, -0.05) is 0 Å². The van der Waals surface area contributed by atoms with E-state index in [1.807, 2.05) is 0 Å². The van der Waals surface area contributed by atoms with Gasteiger partial charge in [-0.3, -0.25) is 4.79 Å². The van der Waals surface area contributed by atoms with Crippen LogP contribution in [0.25, 0.3) is 0 Å². The van der Waals surface area contributed by atoms with Crippen LogP contribution in [0, 0.1) is 0 Å². The molecule has 9 heteroatoms. The Hall–Kier alpha value is -2.13. The monoisotopic (exact) mass is 359 g/mol. The number of ether oxygens (including phenoxy) is 2. The highest BCUT2D eigenvalue weighted by Crippen LogP contribution is 2.29. The molecular weight excluding hydrogens is 338 g/mol. The molecule has 0 spiro atoms. The van der Waals surface area contributed by atoms with Crippen LogP contribution in [0.4, 0.5) is 0 Å². The summed E-state index contributed by atoms with van der Waals surface area (Å²) in [5, 5.41) is 8.97. The number of carboxylic acids is 1. The zero-order chi connectivity index (χ0) is 18.5. The second-order valence-electron chi connectivity index (χ2n) is 5.12. The molecule has 0 saturated carbocycles. The number of carbonyl (C=O) groups excluding carboxylic acids is 1. The Balaban J connectivity index is 3.46. The van der Waals surface area contributed by atoms with Crippen molar-refractivity contribution in [2.45, 2.75) is 31.7 Å². The average Bonchev–Trinajstić information content (AvgIpc) is 2.51. The van der Waals surface area contributed by atoms with Gasteiger partial charge in [-0.25, -0.2) is 13.2 Å². The Morgan fingerprint density at radius 1 is 1.29 bits per heavy atom. The van der Waals surface area contributed by atoms with Crippen LogP contribution in [0.3, 0.4) is 0 Å². The summed E-state index contributed by atoms with van der Waals surface area (Å²) in [6.45, 7) is 4.19. The second-order valence-corrected chi connectivity index (χ2v) is 6.98. The lowest BCUT2D eigenvalue weighted by Gasteiger charge is -2.25. The van der Waals surface area contributed by atoms with Crippen LogP contribution in [-0.2, 0) is 19.6 Å². The lowest BCUT2D eigenvalue weighted by atomic mass is 10.2. The van der Waals surface area contributed by atoms with Gasteiger partial charge in [0.2, 0.25) is 10.0 Å². The van der Waals surface area contributed by atoms with E-state index in [-0.39, 0.29) is 22.8 Å². The molecule has 1 aromatic rings. The highest BCUT2D eigenvalue weighted by molar-refractivity contribution is 7.89. The molecule has 0 saturated heterocycles. The van der Waals surface area contributed by atoms with Crippen molar-refractivity contribution in [2.24, 2.45) is 0 Å². The maximum Gasteiger partial charge on any atom is 0.338 e. The fraction of sp³-hybridized carbons (Fsp3) is 0.467. The first-order valence-electron chi connectivity index (χ1n) is 7.23. The number of esters is 1. The predicted molar refractivity (Wildman–Crippen MR) is 85.6 cm³/mol. The van der Waals surface area contributed by atoms with E-state index in [2.05, 4.69) is 0 Å². The lowest BCUT2D eigenvalue weighted by Crippen LogP contribution is -2.40. The molecule has 0 amide bonds. The lowest BCUT2D eigenvalue weighted by molar-refractivity contribution is -0.137. The van der Waals surface area contributed by atoms with Gasteiger partial charge in [0, 0.05) is 6.04 Å². The summed E-state index contributed by atoms with van der Waals surface area (Å²) in [4.78, 5) is 22.5. The summed E-state index contributed by atoms with van der Waals surface area (Å²) in [6.07, 6.45) is 0. The molecule has 0 atom stereocenters. The smallest absolute Gasteiger partial charge is 0.338 e. The predicted octanol–water partition coefficient (Wildman–Crippen LogP) is 1.36. The molecule has 0 radical (unpaired) electrons. The van der Waals surface area contributed by atoms with Crippen molar-refractivity contribution in [1.82, 2.24) is 4.31 Å². The number of methoxy groups -OCH3 is 1. The summed E-state index contributed by atoms with van der Waals surface area (Å²) >= 11 is 0. The molecule has 1 aromatic carbocycles. The van der Waals surface area contributed by atoms with E-state index in [1.165, 1.54) is 19.2 Å². The Labute approximate surface area is 141 Å². The van der Waals surface area contributed by atoms with Gasteiger partial charge in [0.15, 0.2) is 0 Å². The minimum absolute atomic E-state index is 0.0130. The maximum atomic E-state index is 12.9. The Morgan fingerprint density at radius 2 is 1.92 bits per heavy atom. The fourth-order valence-corrected chi connectivity index (χ4v) is 3.79. The summed E-state index contributed by atoms with van der Waals surface area (Å²) in [6, 6.07) is 3.25. The number of aliphatic carboxylic acids is 1. The first kappa shape index (κ1) is 19.9. The Morgan fingerprint density at radius 3 is 2.38 bits per heavy atom. The van der Waals surface area contributed by atoms with Gasteiger partial charge in [-0.05, 0) is 39.0 Å². The van der Waals surface area contributed by atoms with Gasteiger partial charge in [0.1, 0.15) is 17.2 Å². The zero-order valence-electron chi connectivity index (χ0n) is 14.0. The van der Waals surface area contributed by atoms with E-state index < -0.39 is 34.5 Å². The minimum Gasteiger partial charge on any atom is -0.495 e. The van der Waals surface area contributed by atoms with Crippen molar-refractivity contribution in [2.75, 3.05) is 20.3 Å². The van der Waals surface area contributed by atoms with E-state index in [4.69, 9.17) is 14.6 Å². The molecule has 8 nitrogen and oxygen atoms in total. The van der Waals surface area contributed by atoms with Crippen molar-refractivity contribution < 1.29 is 32.6 Å². The molecule has 1 rings (SSSR count). The molecule has 0 aliphatic heterocycles. The van der Waals surface area contributed by atoms with Crippen LogP contribution < -0.4 is 4.74 Å². The number of sulfonamides is 1. The highest BCUT2D eigenvalue weighted by Gasteiger charge is 2.32. The summed E-state index contributed by atoms with van der Waals surface area (Å²) in [7, 11) is -2.90. The van der Waals surface area contributed by atoms with Crippen LogP contribution in [0.5, 0.6) is 5.75 Å². The Bertz CT molecular complexity index is 713. The SMILES string of the molecule is CCOC(=O)c1ccc(OC)c(S(=O)(=O)N(CC(=O)O)C(C)C)c1. The second kappa shape index (κ2) is 8.11. The molecule has 0 fully saturated rings. The number of hydrogen-bond donors (Lipinski definition) is 1. The van der Waals surface area contributed by atoms with Gasteiger partial charge in [-0.2, -0.15) is 4.31 Å². The summed E-state index contributed by atoms with van der Waals surface area (Å²) in [5.74, 6) is -1.95. The molecule has 0 aliphatic rings. The van der Waals surface area contributed by atoms with Crippen LogP contribution in [0.1, 0.15) is 31.1 Å². The number of carbonyl (C=O) groups is 2. The minimum atomic E-state index is -4.19. The number of carboxylic acid groups (broad SMARTS) is 1. The van der Waals surface area contributed by atoms with Crippen molar-refractivity contribution in [3.63, 3.8) is 0 Å². The summed E-state index contributed by atoms with van der Waals surface area (Å²) in [5.41, 5.74) is 0.0373. The molecule has 24 heavy (non-hydrogen) atoms. The van der Waals surface area contributed by atoms with E-state index >= 15 is 0 Å². The average molecular weight is 359 g/mol. The third-order valence-electron chi connectivity index (χ3n) is 3.13. The number of rotatable bonds is 8. The fourth-order valence-electron chi connectivity index (χ4n) is 2.02. The van der Waals surface area contributed by atoms with E-state index in [9.17, 15) is 18.0 Å². The van der Waals surface area contributed by atoms with Gasteiger partial charge in [0.25, 0.3) is 0 Å². The number of benzene rings is 1. The first-order valence-corrected chi connectivity index (χ1v) is 8.67. The molecule has 0 heterocycles.